The summed E-state index contributed by atoms with van der Waals surface area (Å²) in [6, 6.07) is 18.3. The van der Waals surface area contributed by atoms with E-state index in [1.807, 2.05) is 17.0 Å². The van der Waals surface area contributed by atoms with Gasteiger partial charge in [-0.2, -0.15) is 0 Å². The van der Waals surface area contributed by atoms with E-state index in [1.165, 1.54) is 18.4 Å². The van der Waals surface area contributed by atoms with Crippen molar-refractivity contribution in [2.45, 2.75) is 37.1 Å². The van der Waals surface area contributed by atoms with Crippen LogP contribution < -0.4 is 5.32 Å². The Hall–Kier alpha value is -2.00. The van der Waals surface area contributed by atoms with Crippen LogP contribution in [0.2, 0.25) is 5.02 Å². The maximum atomic E-state index is 12.8. The number of halogens is 1. The van der Waals surface area contributed by atoms with E-state index < -0.39 is 0 Å². The summed E-state index contributed by atoms with van der Waals surface area (Å²) in [6.45, 7) is 0.807. The molecular weight excluding hydrogens is 320 g/mol. The molecule has 5 rings (SSSR count). The number of hydrogen-bond acceptors (Lipinski definition) is 1. The number of urea groups is 1. The van der Waals surface area contributed by atoms with E-state index in [2.05, 4.69) is 35.6 Å². The molecule has 0 spiro atoms. The minimum atomic E-state index is 0.00188. The van der Waals surface area contributed by atoms with E-state index in [0.717, 1.165) is 25.1 Å². The lowest BCUT2D eigenvalue weighted by molar-refractivity contribution is 0.0571. The third-order valence-electron chi connectivity index (χ3n) is 5.57. The van der Waals surface area contributed by atoms with Crippen LogP contribution in [0.1, 0.15) is 31.2 Å². The SMILES string of the molecule is O=C(Nc1ccc(Cl)cc1)N1CC2(c3ccccc3)CCC1CC2. The molecule has 124 valence electrons. The smallest absolute Gasteiger partial charge is 0.321 e. The molecular formula is C20H21ClN2O. The number of carbonyl (C=O) groups excluding carboxylic acids is 1. The fourth-order valence-electron chi connectivity index (χ4n) is 4.22. The van der Waals surface area contributed by atoms with Crippen molar-refractivity contribution in [3.05, 3.63) is 65.2 Å². The first-order valence-corrected chi connectivity index (χ1v) is 8.93. The lowest BCUT2D eigenvalue weighted by Gasteiger charge is -2.53. The van der Waals surface area contributed by atoms with Crippen molar-refractivity contribution in [1.29, 1.82) is 0 Å². The largest absolute Gasteiger partial charge is 0.322 e. The molecule has 2 amide bonds. The van der Waals surface area contributed by atoms with Gasteiger partial charge in [0.15, 0.2) is 0 Å². The average Bonchev–Trinajstić information content (AvgIpc) is 2.65. The van der Waals surface area contributed by atoms with Crippen LogP contribution in [-0.2, 0) is 5.41 Å². The molecule has 0 radical (unpaired) electrons. The summed E-state index contributed by atoms with van der Waals surface area (Å²) >= 11 is 5.91. The predicted molar refractivity (Wildman–Crippen MR) is 97.6 cm³/mol. The topological polar surface area (TPSA) is 32.3 Å². The molecule has 2 aromatic carbocycles. The van der Waals surface area contributed by atoms with Crippen molar-refractivity contribution < 1.29 is 4.79 Å². The summed E-state index contributed by atoms with van der Waals surface area (Å²) in [4.78, 5) is 14.8. The van der Waals surface area contributed by atoms with Crippen molar-refractivity contribution in [2.24, 2.45) is 0 Å². The first kappa shape index (κ1) is 15.5. The Balaban J connectivity index is 1.54. The maximum Gasteiger partial charge on any atom is 0.322 e. The monoisotopic (exact) mass is 340 g/mol. The highest BCUT2D eigenvalue weighted by molar-refractivity contribution is 6.30. The first-order chi connectivity index (χ1) is 11.7. The Kier molecular flexibility index (Phi) is 3.97. The number of anilines is 1. The number of nitrogens with one attached hydrogen (secondary N) is 1. The summed E-state index contributed by atoms with van der Waals surface area (Å²) in [5.41, 5.74) is 2.28. The maximum absolute atomic E-state index is 12.8. The zero-order chi connectivity index (χ0) is 16.6. The third-order valence-corrected chi connectivity index (χ3v) is 5.82. The number of nitrogens with zero attached hydrogens (tertiary/aromatic N) is 1. The number of fused-ring (bicyclic) bond motifs is 3. The minimum absolute atomic E-state index is 0.00188. The van der Waals surface area contributed by atoms with Gasteiger partial charge in [0.2, 0.25) is 0 Å². The van der Waals surface area contributed by atoms with Gasteiger partial charge in [-0.1, -0.05) is 41.9 Å². The molecule has 2 aliphatic heterocycles. The van der Waals surface area contributed by atoms with Crippen LogP contribution in [0.25, 0.3) is 0 Å². The average molecular weight is 341 g/mol. The van der Waals surface area contributed by atoms with Gasteiger partial charge in [-0.25, -0.2) is 4.79 Å². The standard InChI is InChI=1S/C20H21ClN2O/c21-16-6-8-17(9-7-16)22-19(24)23-14-20(12-10-18(23)11-13-20)15-4-2-1-3-5-15/h1-9,18H,10-14H2,(H,22,24). The van der Waals surface area contributed by atoms with Crippen LogP contribution in [0.3, 0.4) is 0 Å². The molecule has 2 saturated heterocycles. The molecule has 3 fully saturated rings. The Labute approximate surface area is 147 Å². The predicted octanol–water partition coefficient (Wildman–Crippen LogP) is 5.07. The molecule has 1 aliphatic carbocycles. The van der Waals surface area contributed by atoms with E-state index in [0.29, 0.717) is 11.1 Å². The van der Waals surface area contributed by atoms with Crippen LogP contribution in [0, 0.1) is 0 Å². The van der Waals surface area contributed by atoms with Crippen molar-refractivity contribution >= 4 is 23.3 Å². The number of rotatable bonds is 2. The molecule has 1 saturated carbocycles. The Morgan fingerprint density at radius 3 is 2.38 bits per heavy atom. The van der Waals surface area contributed by atoms with Crippen LogP contribution in [0.15, 0.2) is 54.6 Å². The van der Waals surface area contributed by atoms with Gasteiger partial charge in [-0.15, -0.1) is 0 Å². The molecule has 2 aromatic rings. The fraction of sp³-hybridized carbons (Fsp3) is 0.350. The third kappa shape index (κ3) is 2.78. The number of piperidine rings is 2. The second-order valence-corrected chi connectivity index (χ2v) is 7.38. The lowest BCUT2D eigenvalue weighted by Crippen LogP contribution is -2.58. The van der Waals surface area contributed by atoms with Gasteiger partial charge in [0.05, 0.1) is 0 Å². The quantitative estimate of drug-likeness (QED) is 0.813. The van der Waals surface area contributed by atoms with E-state index in [4.69, 9.17) is 11.6 Å². The van der Waals surface area contributed by atoms with Gasteiger partial charge in [-0.05, 0) is 55.5 Å². The lowest BCUT2D eigenvalue weighted by atomic mass is 9.64. The van der Waals surface area contributed by atoms with Gasteiger partial charge < -0.3 is 10.2 Å². The van der Waals surface area contributed by atoms with E-state index in [9.17, 15) is 4.79 Å². The van der Waals surface area contributed by atoms with Gasteiger partial charge in [0, 0.05) is 28.7 Å². The highest BCUT2D eigenvalue weighted by Gasteiger charge is 2.47. The molecule has 4 heteroatoms. The molecule has 3 nitrogen and oxygen atoms in total. The number of benzene rings is 2. The highest BCUT2D eigenvalue weighted by Crippen LogP contribution is 2.46. The molecule has 3 aliphatic rings. The van der Waals surface area contributed by atoms with Gasteiger partial charge in [0.1, 0.15) is 0 Å². The normalized spacial score (nSPS) is 25.5. The van der Waals surface area contributed by atoms with Crippen LogP contribution in [0.4, 0.5) is 10.5 Å². The minimum Gasteiger partial charge on any atom is -0.321 e. The molecule has 1 N–H and O–H groups in total. The van der Waals surface area contributed by atoms with Gasteiger partial charge >= 0.3 is 6.03 Å². The summed E-state index contributed by atoms with van der Waals surface area (Å²) < 4.78 is 0. The summed E-state index contributed by atoms with van der Waals surface area (Å²) in [7, 11) is 0. The fourth-order valence-corrected chi connectivity index (χ4v) is 4.34. The van der Waals surface area contributed by atoms with Crippen LogP contribution in [0.5, 0.6) is 0 Å². The number of amides is 2. The van der Waals surface area contributed by atoms with Crippen LogP contribution >= 0.6 is 11.6 Å². The van der Waals surface area contributed by atoms with Crippen molar-refractivity contribution in [1.82, 2.24) is 4.90 Å². The first-order valence-electron chi connectivity index (χ1n) is 8.55. The molecule has 0 unspecified atom stereocenters. The van der Waals surface area contributed by atoms with Gasteiger partial charge in [-0.3, -0.25) is 0 Å². The highest BCUT2D eigenvalue weighted by atomic mass is 35.5. The van der Waals surface area contributed by atoms with E-state index >= 15 is 0 Å². The summed E-state index contributed by atoms with van der Waals surface area (Å²) in [5, 5.41) is 3.69. The molecule has 2 bridgehead atoms. The molecule has 2 heterocycles. The Morgan fingerprint density at radius 2 is 1.71 bits per heavy atom. The second-order valence-electron chi connectivity index (χ2n) is 6.94. The van der Waals surface area contributed by atoms with E-state index in [1.54, 1.807) is 12.1 Å². The molecule has 0 atom stereocenters. The Bertz CT molecular complexity index is 721. The summed E-state index contributed by atoms with van der Waals surface area (Å²) in [6.07, 6.45) is 4.52. The second kappa shape index (κ2) is 6.14. The zero-order valence-electron chi connectivity index (χ0n) is 13.5. The molecule has 24 heavy (non-hydrogen) atoms. The van der Waals surface area contributed by atoms with Gasteiger partial charge in [0.25, 0.3) is 0 Å². The van der Waals surface area contributed by atoms with Crippen molar-refractivity contribution in [3.8, 4) is 0 Å². The van der Waals surface area contributed by atoms with E-state index in [-0.39, 0.29) is 11.4 Å². The summed E-state index contributed by atoms with van der Waals surface area (Å²) in [5.74, 6) is 0. The Morgan fingerprint density at radius 1 is 1.04 bits per heavy atom. The number of carbonyl (C=O) groups is 1. The molecule has 0 aromatic heterocycles. The van der Waals surface area contributed by atoms with Crippen molar-refractivity contribution in [3.63, 3.8) is 0 Å². The zero-order valence-corrected chi connectivity index (χ0v) is 14.3. The van der Waals surface area contributed by atoms with Crippen LogP contribution in [-0.4, -0.2) is 23.5 Å². The van der Waals surface area contributed by atoms with Crippen molar-refractivity contribution in [2.75, 3.05) is 11.9 Å². The number of hydrogen-bond donors (Lipinski definition) is 1.